The first-order valence-electron chi connectivity index (χ1n) is 10.3. The van der Waals surface area contributed by atoms with Crippen molar-refractivity contribution in [3.63, 3.8) is 0 Å². The van der Waals surface area contributed by atoms with Gasteiger partial charge in [-0.15, -0.1) is 0 Å². The van der Waals surface area contributed by atoms with Gasteiger partial charge in [-0.05, 0) is 75.5 Å². The molecule has 2 saturated carbocycles. The lowest BCUT2D eigenvalue weighted by Crippen LogP contribution is -2.37. The number of aryl methyl sites for hydroxylation is 1. The Bertz CT molecular complexity index is 849. The minimum atomic E-state index is 0.118. The van der Waals surface area contributed by atoms with Gasteiger partial charge in [-0.3, -0.25) is 4.98 Å². The molecule has 1 saturated heterocycles. The van der Waals surface area contributed by atoms with Crippen molar-refractivity contribution in [1.29, 1.82) is 0 Å². The minimum Gasteiger partial charge on any atom is -0.352 e. The van der Waals surface area contributed by atoms with E-state index in [1.54, 1.807) is 0 Å². The van der Waals surface area contributed by atoms with Gasteiger partial charge in [0, 0.05) is 29.7 Å². The predicted octanol–water partition coefficient (Wildman–Crippen LogP) is 4.75. The Balaban J connectivity index is 1.61. The molecule has 1 aliphatic heterocycles. The Morgan fingerprint density at radius 2 is 1.85 bits per heavy atom. The van der Waals surface area contributed by atoms with E-state index in [0.29, 0.717) is 12.1 Å². The summed E-state index contributed by atoms with van der Waals surface area (Å²) in [5.41, 5.74) is 5.31. The van der Waals surface area contributed by atoms with E-state index in [2.05, 4.69) is 51.8 Å². The van der Waals surface area contributed by atoms with Crippen molar-refractivity contribution >= 4 is 17.3 Å². The van der Waals surface area contributed by atoms with Gasteiger partial charge < -0.3 is 14.8 Å². The van der Waals surface area contributed by atoms with Crippen LogP contribution in [0.4, 0.5) is 0 Å². The van der Waals surface area contributed by atoms with Gasteiger partial charge in [0.25, 0.3) is 0 Å². The van der Waals surface area contributed by atoms with E-state index in [-0.39, 0.29) is 12.1 Å². The standard InChI is InChI=1S/C22H28N4S/c1-14-13-18(15(2)25(14)17-10-11-17)21-20(19-9-5-6-12-23-19)24-22(27)26(21)16-7-3-4-8-16/h5-6,9,12-13,16-17,20-21H,3-4,7-8,10-11H2,1-2H3,(H,24,27)/t20-,21+/m0/s1. The van der Waals surface area contributed by atoms with Crippen LogP contribution in [0.25, 0.3) is 0 Å². The summed E-state index contributed by atoms with van der Waals surface area (Å²) in [5.74, 6) is 0. The van der Waals surface area contributed by atoms with Gasteiger partial charge in [-0.2, -0.15) is 0 Å². The van der Waals surface area contributed by atoms with E-state index in [9.17, 15) is 0 Å². The number of aromatic nitrogens is 2. The molecule has 0 spiro atoms. The Morgan fingerprint density at radius 3 is 2.52 bits per heavy atom. The molecule has 2 aromatic rings. The number of nitrogens with zero attached hydrogens (tertiary/aromatic N) is 3. The average Bonchev–Trinajstić information content (AvgIpc) is 3.11. The van der Waals surface area contributed by atoms with Crippen LogP contribution in [0.1, 0.15) is 79.3 Å². The van der Waals surface area contributed by atoms with E-state index >= 15 is 0 Å². The Hall–Kier alpha value is -1.88. The number of thiocarbonyl (C=S) groups is 1. The molecule has 4 nitrogen and oxygen atoms in total. The highest BCUT2D eigenvalue weighted by Gasteiger charge is 2.45. The zero-order chi connectivity index (χ0) is 18.5. The molecule has 2 atom stereocenters. The van der Waals surface area contributed by atoms with Crippen molar-refractivity contribution in [3.8, 4) is 0 Å². The maximum absolute atomic E-state index is 5.86. The van der Waals surface area contributed by atoms with Gasteiger partial charge in [0.05, 0.1) is 17.8 Å². The van der Waals surface area contributed by atoms with E-state index in [4.69, 9.17) is 12.2 Å². The number of nitrogens with one attached hydrogen (secondary N) is 1. The molecule has 3 aliphatic rings. The van der Waals surface area contributed by atoms with Crippen molar-refractivity contribution in [2.45, 2.75) is 76.5 Å². The summed E-state index contributed by atoms with van der Waals surface area (Å²) in [6.07, 6.45) is 9.63. The minimum absolute atomic E-state index is 0.118. The number of hydrogen-bond donors (Lipinski definition) is 1. The van der Waals surface area contributed by atoms with Gasteiger partial charge in [-0.1, -0.05) is 18.9 Å². The van der Waals surface area contributed by atoms with Gasteiger partial charge in [0.2, 0.25) is 0 Å². The first-order chi connectivity index (χ1) is 13.1. The fraction of sp³-hybridized carbons (Fsp3) is 0.545. The van der Waals surface area contributed by atoms with Crippen molar-refractivity contribution in [1.82, 2.24) is 19.8 Å². The largest absolute Gasteiger partial charge is 0.352 e. The zero-order valence-electron chi connectivity index (χ0n) is 16.2. The lowest BCUT2D eigenvalue weighted by molar-refractivity contribution is 0.245. The average molecular weight is 381 g/mol. The third-order valence-corrected chi connectivity index (χ3v) is 6.94. The van der Waals surface area contributed by atoms with E-state index < -0.39 is 0 Å². The van der Waals surface area contributed by atoms with Crippen LogP contribution in [0.5, 0.6) is 0 Å². The van der Waals surface area contributed by atoms with Crippen LogP contribution < -0.4 is 5.32 Å². The van der Waals surface area contributed by atoms with Crippen molar-refractivity contribution < 1.29 is 0 Å². The van der Waals surface area contributed by atoms with Crippen LogP contribution in [0.15, 0.2) is 30.5 Å². The fourth-order valence-corrected chi connectivity index (χ4v) is 5.66. The molecule has 3 heterocycles. The molecule has 5 heteroatoms. The summed E-state index contributed by atoms with van der Waals surface area (Å²) < 4.78 is 2.55. The van der Waals surface area contributed by atoms with Crippen LogP contribution in [-0.4, -0.2) is 25.6 Å². The Labute approximate surface area is 167 Å². The van der Waals surface area contributed by atoms with Gasteiger partial charge >= 0.3 is 0 Å². The van der Waals surface area contributed by atoms with Crippen LogP contribution in [-0.2, 0) is 0 Å². The van der Waals surface area contributed by atoms with Gasteiger partial charge in [0.15, 0.2) is 5.11 Å². The third kappa shape index (κ3) is 2.87. The van der Waals surface area contributed by atoms with Crippen LogP contribution in [0, 0.1) is 13.8 Å². The van der Waals surface area contributed by atoms with Crippen molar-refractivity contribution in [2.75, 3.05) is 0 Å². The number of pyridine rings is 1. The lowest BCUT2D eigenvalue weighted by Gasteiger charge is -2.33. The SMILES string of the molecule is Cc1cc([C@@H]2[C@H](c3ccccn3)NC(=S)N2C2CCCC2)c(C)n1C1CC1. The topological polar surface area (TPSA) is 33.1 Å². The number of hydrogen-bond acceptors (Lipinski definition) is 2. The van der Waals surface area contributed by atoms with Crippen molar-refractivity contribution in [3.05, 3.63) is 53.1 Å². The maximum Gasteiger partial charge on any atom is 0.170 e. The highest BCUT2D eigenvalue weighted by Crippen LogP contribution is 2.46. The first kappa shape index (κ1) is 17.2. The van der Waals surface area contributed by atoms with Crippen LogP contribution >= 0.6 is 12.2 Å². The van der Waals surface area contributed by atoms with Crippen LogP contribution in [0.3, 0.4) is 0 Å². The second-order valence-corrected chi connectivity index (χ2v) is 8.79. The highest BCUT2D eigenvalue weighted by atomic mass is 32.1. The number of rotatable bonds is 4. The quantitative estimate of drug-likeness (QED) is 0.776. The molecule has 0 bridgehead atoms. The lowest BCUT2D eigenvalue weighted by atomic mass is 9.95. The molecule has 0 aromatic carbocycles. The fourth-order valence-electron chi connectivity index (χ4n) is 5.27. The van der Waals surface area contributed by atoms with Crippen LogP contribution in [0.2, 0.25) is 0 Å². The second kappa shape index (κ2) is 6.62. The molecular weight excluding hydrogens is 352 g/mol. The summed E-state index contributed by atoms with van der Waals surface area (Å²) in [7, 11) is 0. The molecule has 2 aliphatic carbocycles. The van der Waals surface area contributed by atoms with Gasteiger partial charge in [0.1, 0.15) is 0 Å². The molecule has 5 rings (SSSR count). The highest BCUT2D eigenvalue weighted by molar-refractivity contribution is 7.80. The maximum atomic E-state index is 5.86. The molecule has 142 valence electrons. The molecule has 2 aromatic heterocycles. The monoisotopic (exact) mass is 380 g/mol. The Morgan fingerprint density at radius 1 is 1.07 bits per heavy atom. The summed E-state index contributed by atoms with van der Waals surface area (Å²) in [5, 5.41) is 4.53. The first-order valence-corrected chi connectivity index (χ1v) is 10.7. The second-order valence-electron chi connectivity index (χ2n) is 8.40. The van der Waals surface area contributed by atoms with E-state index in [0.717, 1.165) is 10.8 Å². The van der Waals surface area contributed by atoms with Gasteiger partial charge in [-0.25, -0.2) is 0 Å². The summed E-state index contributed by atoms with van der Waals surface area (Å²) in [6.45, 7) is 4.55. The smallest absolute Gasteiger partial charge is 0.170 e. The summed E-state index contributed by atoms with van der Waals surface area (Å²) >= 11 is 5.86. The Kier molecular flexibility index (Phi) is 4.23. The zero-order valence-corrected chi connectivity index (χ0v) is 17.0. The molecular formula is C22H28N4S. The molecule has 3 fully saturated rings. The molecule has 27 heavy (non-hydrogen) atoms. The predicted molar refractivity (Wildman–Crippen MR) is 112 cm³/mol. The van der Waals surface area contributed by atoms with Crippen molar-refractivity contribution in [2.24, 2.45) is 0 Å². The summed E-state index contributed by atoms with van der Waals surface area (Å²) in [4.78, 5) is 7.20. The van der Waals surface area contributed by atoms with E-state index in [1.165, 1.54) is 55.5 Å². The molecule has 0 unspecified atom stereocenters. The normalized spacial score (nSPS) is 26.0. The molecule has 1 N–H and O–H groups in total. The third-order valence-electron chi connectivity index (χ3n) is 6.61. The molecule has 0 radical (unpaired) electrons. The summed E-state index contributed by atoms with van der Waals surface area (Å²) in [6, 6.07) is 10.2. The van der Waals surface area contributed by atoms with E-state index in [1.807, 2.05) is 12.3 Å². The molecule has 0 amide bonds.